The summed E-state index contributed by atoms with van der Waals surface area (Å²) < 4.78 is 13.1. The Balaban J connectivity index is 1.48. The molecule has 0 aliphatic rings. The molecule has 0 spiro atoms. The number of urea groups is 1. The van der Waals surface area contributed by atoms with E-state index in [-0.39, 0.29) is 11.7 Å². The average molecular weight is 403 g/mol. The first-order chi connectivity index (χ1) is 14.5. The number of nitrogens with two attached hydrogens (primary N) is 1. The standard InChI is InChI=1S/C22H18FN5O2/c23-16-7-5-14(6-8-16)20-27-18-10-9-17(11-19(18)28-20)26-21(29)15-3-1-13(2-4-15)12-25-22(24)30/h1-11H,12H2,(H,26,29)(H,27,28)(H3,24,25,30). The fraction of sp³-hybridized carbons (Fsp3) is 0.0455. The number of fused-ring (bicyclic) bond motifs is 1. The third kappa shape index (κ3) is 4.27. The van der Waals surface area contributed by atoms with Gasteiger partial charge in [-0.1, -0.05) is 12.1 Å². The lowest BCUT2D eigenvalue weighted by Gasteiger charge is -2.07. The molecule has 0 radical (unpaired) electrons. The number of hydrogen-bond acceptors (Lipinski definition) is 3. The van der Waals surface area contributed by atoms with Crippen LogP contribution in [0.3, 0.4) is 0 Å². The zero-order valence-electron chi connectivity index (χ0n) is 15.8. The fourth-order valence-corrected chi connectivity index (χ4v) is 3.00. The van der Waals surface area contributed by atoms with Crippen LogP contribution in [0.15, 0.2) is 66.7 Å². The van der Waals surface area contributed by atoms with E-state index in [1.165, 1.54) is 12.1 Å². The Morgan fingerprint density at radius 2 is 1.73 bits per heavy atom. The third-order valence-corrected chi connectivity index (χ3v) is 4.54. The van der Waals surface area contributed by atoms with Crippen molar-refractivity contribution < 1.29 is 14.0 Å². The summed E-state index contributed by atoms with van der Waals surface area (Å²) in [6, 6.07) is 17.7. The van der Waals surface area contributed by atoms with Crippen molar-refractivity contribution in [1.82, 2.24) is 15.3 Å². The van der Waals surface area contributed by atoms with Gasteiger partial charge in [0.15, 0.2) is 0 Å². The number of carbonyl (C=O) groups is 2. The van der Waals surface area contributed by atoms with Crippen molar-refractivity contribution in [3.8, 4) is 11.4 Å². The molecule has 0 saturated heterocycles. The minimum atomic E-state index is -0.603. The van der Waals surface area contributed by atoms with E-state index >= 15 is 0 Å². The van der Waals surface area contributed by atoms with Gasteiger partial charge in [-0.3, -0.25) is 4.79 Å². The summed E-state index contributed by atoms with van der Waals surface area (Å²) in [6.07, 6.45) is 0. The number of nitrogens with zero attached hydrogens (tertiary/aromatic N) is 1. The van der Waals surface area contributed by atoms with Gasteiger partial charge in [-0.2, -0.15) is 0 Å². The van der Waals surface area contributed by atoms with Crippen molar-refractivity contribution in [1.29, 1.82) is 0 Å². The summed E-state index contributed by atoms with van der Waals surface area (Å²) >= 11 is 0. The second-order valence-corrected chi connectivity index (χ2v) is 6.69. The van der Waals surface area contributed by atoms with Crippen LogP contribution >= 0.6 is 0 Å². The molecule has 0 aliphatic carbocycles. The molecule has 0 unspecified atom stereocenters. The SMILES string of the molecule is NC(=O)NCc1ccc(C(=O)Nc2ccc3nc(-c4ccc(F)cc4)[nH]c3c2)cc1. The normalized spacial score (nSPS) is 10.7. The highest BCUT2D eigenvalue weighted by atomic mass is 19.1. The molecule has 30 heavy (non-hydrogen) atoms. The minimum Gasteiger partial charge on any atom is -0.352 e. The number of anilines is 1. The highest BCUT2D eigenvalue weighted by Crippen LogP contribution is 2.23. The van der Waals surface area contributed by atoms with Crippen molar-refractivity contribution >= 4 is 28.7 Å². The number of halogens is 1. The summed E-state index contributed by atoms with van der Waals surface area (Å²) in [5.41, 5.74) is 9.23. The van der Waals surface area contributed by atoms with Crippen LogP contribution < -0.4 is 16.4 Å². The number of aromatic amines is 1. The van der Waals surface area contributed by atoms with E-state index in [2.05, 4.69) is 20.6 Å². The van der Waals surface area contributed by atoms with Gasteiger partial charge in [0, 0.05) is 23.4 Å². The molecule has 0 fully saturated rings. The van der Waals surface area contributed by atoms with Crippen molar-refractivity contribution in [2.24, 2.45) is 5.73 Å². The molecule has 0 saturated carbocycles. The number of H-pyrrole nitrogens is 1. The maximum Gasteiger partial charge on any atom is 0.312 e. The second kappa shape index (κ2) is 8.04. The van der Waals surface area contributed by atoms with Crippen LogP contribution in [0.1, 0.15) is 15.9 Å². The lowest BCUT2D eigenvalue weighted by atomic mass is 10.1. The number of hydrogen-bond donors (Lipinski definition) is 4. The van der Waals surface area contributed by atoms with Gasteiger partial charge in [-0.15, -0.1) is 0 Å². The molecule has 8 heteroatoms. The van der Waals surface area contributed by atoms with Crippen LogP contribution in [0.5, 0.6) is 0 Å². The van der Waals surface area contributed by atoms with Crippen molar-refractivity contribution in [3.05, 3.63) is 83.7 Å². The van der Waals surface area contributed by atoms with Crippen LogP contribution in [0.25, 0.3) is 22.4 Å². The van der Waals surface area contributed by atoms with Crippen LogP contribution in [-0.4, -0.2) is 21.9 Å². The molecule has 5 N–H and O–H groups in total. The maximum atomic E-state index is 13.1. The predicted molar refractivity (Wildman–Crippen MR) is 112 cm³/mol. The van der Waals surface area contributed by atoms with E-state index in [1.807, 2.05) is 0 Å². The Kier molecular flexibility index (Phi) is 5.13. The lowest BCUT2D eigenvalue weighted by Crippen LogP contribution is -2.28. The Morgan fingerprint density at radius 3 is 2.43 bits per heavy atom. The van der Waals surface area contributed by atoms with Gasteiger partial charge in [-0.05, 0) is 60.2 Å². The van der Waals surface area contributed by atoms with Gasteiger partial charge in [-0.25, -0.2) is 14.2 Å². The number of imidazole rings is 1. The smallest absolute Gasteiger partial charge is 0.312 e. The first-order valence-corrected chi connectivity index (χ1v) is 9.17. The second-order valence-electron chi connectivity index (χ2n) is 6.69. The van der Waals surface area contributed by atoms with Gasteiger partial charge >= 0.3 is 6.03 Å². The van der Waals surface area contributed by atoms with Gasteiger partial charge in [0.25, 0.3) is 5.91 Å². The molecule has 0 atom stereocenters. The zero-order valence-corrected chi connectivity index (χ0v) is 15.8. The number of carbonyl (C=O) groups excluding carboxylic acids is 2. The maximum absolute atomic E-state index is 13.1. The highest BCUT2D eigenvalue weighted by Gasteiger charge is 2.10. The quantitative estimate of drug-likeness (QED) is 0.407. The van der Waals surface area contributed by atoms with E-state index in [0.29, 0.717) is 23.6 Å². The van der Waals surface area contributed by atoms with E-state index in [1.54, 1.807) is 54.6 Å². The number of benzene rings is 3. The molecule has 7 nitrogen and oxygen atoms in total. The van der Waals surface area contributed by atoms with Gasteiger partial charge in [0.05, 0.1) is 11.0 Å². The number of primary amides is 1. The van der Waals surface area contributed by atoms with Crippen molar-refractivity contribution in [2.45, 2.75) is 6.54 Å². The molecule has 1 aromatic heterocycles. The van der Waals surface area contributed by atoms with Crippen molar-refractivity contribution in [2.75, 3.05) is 5.32 Å². The number of nitrogens with one attached hydrogen (secondary N) is 3. The Bertz CT molecular complexity index is 1220. The van der Waals surface area contributed by atoms with Gasteiger partial charge in [0.1, 0.15) is 11.6 Å². The Hall–Kier alpha value is -4.20. The molecular weight excluding hydrogens is 385 g/mol. The molecule has 3 amide bonds. The van der Waals surface area contributed by atoms with Crippen LogP contribution in [0.2, 0.25) is 0 Å². The van der Waals surface area contributed by atoms with E-state index in [0.717, 1.165) is 22.2 Å². The van der Waals surface area contributed by atoms with Crippen LogP contribution in [0, 0.1) is 5.82 Å². The first kappa shape index (κ1) is 19.1. The summed E-state index contributed by atoms with van der Waals surface area (Å²) in [5.74, 6) is 0.0488. The summed E-state index contributed by atoms with van der Waals surface area (Å²) in [6.45, 7) is 0.296. The fourth-order valence-electron chi connectivity index (χ4n) is 3.00. The Labute approximate surface area is 171 Å². The zero-order chi connectivity index (χ0) is 21.1. The summed E-state index contributed by atoms with van der Waals surface area (Å²) in [4.78, 5) is 31.0. The van der Waals surface area contributed by atoms with Crippen molar-refractivity contribution in [3.63, 3.8) is 0 Å². The largest absolute Gasteiger partial charge is 0.352 e. The number of aromatic nitrogens is 2. The Morgan fingerprint density at radius 1 is 1.00 bits per heavy atom. The number of amides is 3. The van der Waals surface area contributed by atoms with E-state index in [4.69, 9.17) is 5.73 Å². The highest BCUT2D eigenvalue weighted by molar-refractivity contribution is 6.05. The first-order valence-electron chi connectivity index (χ1n) is 9.17. The number of rotatable bonds is 5. The monoisotopic (exact) mass is 403 g/mol. The summed E-state index contributed by atoms with van der Waals surface area (Å²) in [7, 11) is 0. The molecule has 3 aromatic carbocycles. The van der Waals surface area contributed by atoms with Crippen LogP contribution in [-0.2, 0) is 6.54 Å². The summed E-state index contributed by atoms with van der Waals surface area (Å²) in [5, 5.41) is 5.34. The average Bonchev–Trinajstić information content (AvgIpc) is 3.16. The molecule has 0 bridgehead atoms. The third-order valence-electron chi connectivity index (χ3n) is 4.54. The molecule has 1 heterocycles. The van der Waals surface area contributed by atoms with Gasteiger partial charge in [0.2, 0.25) is 0 Å². The molecule has 150 valence electrons. The predicted octanol–water partition coefficient (Wildman–Crippen LogP) is 3.79. The van der Waals surface area contributed by atoms with Gasteiger partial charge < -0.3 is 21.4 Å². The van der Waals surface area contributed by atoms with E-state index < -0.39 is 6.03 Å². The molecule has 4 aromatic rings. The minimum absolute atomic E-state index is 0.262. The topological polar surface area (TPSA) is 113 Å². The molecule has 0 aliphatic heterocycles. The molecule has 4 rings (SSSR count). The lowest BCUT2D eigenvalue weighted by molar-refractivity contribution is 0.102. The molecular formula is C22H18FN5O2. The van der Waals surface area contributed by atoms with Crippen LogP contribution in [0.4, 0.5) is 14.9 Å². The van der Waals surface area contributed by atoms with E-state index in [9.17, 15) is 14.0 Å².